The van der Waals surface area contributed by atoms with E-state index < -0.39 is 0 Å². The highest BCUT2D eigenvalue weighted by atomic mass is 15.2. The van der Waals surface area contributed by atoms with Gasteiger partial charge in [-0.3, -0.25) is 0 Å². The second-order valence-corrected chi connectivity index (χ2v) is 5.31. The number of likely N-dealkylation sites (tertiary alicyclic amines) is 1. The minimum Gasteiger partial charge on any atom is -0.381 e. The predicted octanol–water partition coefficient (Wildman–Crippen LogP) is 2.26. The number of nitrogens with one attached hydrogen (secondary N) is 1. The van der Waals surface area contributed by atoms with Crippen molar-refractivity contribution in [2.24, 2.45) is 0 Å². The number of likely N-dealkylation sites (N-methyl/N-ethyl adjacent to an activating group) is 1. The van der Waals surface area contributed by atoms with Gasteiger partial charge in [0.05, 0.1) is 0 Å². The van der Waals surface area contributed by atoms with Crippen molar-refractivity contribution >= 4 is 11.4 Å². The number of hydrogen-bond acceptors (Lipinski definition) is 3. The zero-order chi connectivity index (χ0) is 12.4. The topological polar surface area (TPSA) is 18.5 Å². The van der Waals surface area contributed by atoms with Gasteiger partial charge >= 0.3 is 0 Å². The van der Waals surface area contributed by atoms with Crippen molar-refractivity contribution in [2.45, 2.75) is 25.4 Å². The van der Waals surface area contributed by atoms with Crippen molar-refractivity contribution in [1.82, 2.24) is 4.90 Å². The molecule has 94 valence electrons. The van der Waals surface area contributed by atoms with E-state index in [1.165, 1.54) is 17.8 Å². The Morgan fingerprint density at radius 1 is 1.35 bits per heavy atom. The van der Waals surface area contributed by atoms with E-state index in [0.29, 0.717) is 12.1 Å². The van der Waals surface area contributed by atoms with Gasteiger partial charge in [-0.15, -0.1) is 0 Å². The molecule has 0 amide bonds. The summed E-state index contributed by atoms with van der Waals surface area (Å²) in [5, 5.41) is 3.63. The molecule has 1 saturated heterocycles. The maximum atomic E-state index is 3.63. The summed E-state index contributed by atoms with van der Waals surface area (Å²) in [5.74, 6) is 0. The highest BCUT2D eigenvalue weighted by molar-refractivity contribution is 5.57. The summed E-state index contributed by atoms with van der Waals surface area (Å²) in [4.78, 5) is 4.54. The second kappa shape index (κ2) is 4.96. The molecule has 0 spiro atoms. The maximum Gasteiger partial charge on any atom is 0.0403 e. The van der Waals surface area contributed by atoms with Crippen LogP contribution in [0.25, 0.3) is 0 Å². The lowest BCUT2D eigenvalue weighted by Gasteiger charge is -2.17. The maximum absolute atomic E-state index is 3.63. The molecule has 1 aromatic carbocycles. The quantitative estimate of drug-likeness (QED) is 0.864. The Kier molecular flexibility index (Phi) is 3.57. The molecule has 1 N–H and O–H groups in total. The minimum absolute atomic E-state index is 0.576. The van der Waals surface area contributed by atoms with Gasteiger partial charge in [0.2, 0.25) is 0 Å². The molecule has 0 bridgehead atoms. The first-order valence-corrected chi connectivity index (χ1v) is 6.30. The molecule has 3 heteroatoms. The molecule has 3 nitrogen and oxygen atoms in total. The summed E-state index contributed by atoms with van der Waals surface area (Å²) in [6, 6.07) is 9.87. The molecule has 0 aromatic heterocycles. The van der Waals surface area contributed by atoms with E-state index in [2.05, 4.69) is 67.4 Å². The predicted molar refractivity (Wildman–Crippen MR) is 74.9 cm³/mol. The van der Waals surface area contributed by atoms with Gasteiger partial charge in [-0.05, 0) is 38.6 Å². The van der Waals surface area contributed by atoms with E-state index >= 15 is 0 Å². The molecule has 2 unspecified atom stereocenters. The van der Waals surface area contributed by atoms with E-state index in [-0.39, 0.29) is 0 Å². The first-order valence-electron chi connectivity index (χ1n) is 6.30. The summed E-state index contributed by atoms with van der Waals surface area (Å²) in [6.07, 6.45) is 1.22. The number of nitrogens with zero attached hydrogens (tertiary/aromatic N) is 2. The molecule has 1 aliphatic rings. The number of benzene rings is 1. The van der Waals surface area contributed by atoms with E-state index in [9.17, 15) is 0 Å². The Balaban J connectivity index is 2.02. The van der Waals surface area contributed by atoms with Crippen molar-refractivity contribution in [3.63, 3.8) is 0 Å². The van der Waals surface area contributed by atoms with E-state index in [1.54, 1.807) is 0 Å². The fourth-order valence-corrected chi connectivity index (χ4v) is 2.41. The van der Waals surface area contributed by atoms with Crippen LogP contribution in [0.4, 0.5) is 11.4 Å². The van der Waals surface area contributed by atoms with Crippen molar-refractivity contribution in [2.75, 3.05) is 37.9 Å². The van der Waals surface area contributed by atoms with Crippen LogP contribution in [0, 0.1) is 0 Å². The Morgan fingerprint density at radius 3 is 2.71 bits per heavy atom. The largest absolute Gasteiger partial charge is 0.381 e. The number of rotatable bonds is 3. The van der Waals surface area contributed by atoms with Gasteiger partial charge in [0.25, 0.3) is 0 Å². The molecular weight excluding hydrogens is 210 g/mol. The van der Waals surface area contributed by atoms with Gasteiger partial charge in [0, 0.05) is 44.1 Å². The summed E-state index contributed by atoms with van der Waals surface area (Å²) in [5.41, 5.74) is 2.47. The number of hydrogen-bond donors (Lipinski definition) is 1. The molecule has 1 fully saturated rings. The number of anilines is 2. The summed E-state index contributed by atoms with van der Waals surface area (Å²) < 4.78 is 0. The minimum atomic E-state index is 0.576. The van der Waals surface area contributed by atoms with Crippen LogP contribution in [0.5, 0.6) is 0 Å². The molecule has 2 rings (SSSR count). The highest BCUT2D eigenvalue weighted by Crippen LogP contribution is 2.22. The molecule has 0 radical (unpaired) electrons. The monoisotopic (exact) mass is 233 g/mol. The zero-order valence-electron chi connectivity index (χ0n) is 11.3. The van der Waals surface area contributed by atoms with Crippen LogP contribution in [0.15, 0.2) is 24.3 Å². The molecule has 0 saturated carbocycles. The molecule has 0 aliphatic carbocycles. The standard InChI is InChI=1S/C14H23N3/c1-11-8-13(10-17(11)4)15-12-6-5-7-14(9-12)16(2)3/h5-7,9,11,13,15H,8,10H2,1-4H3. The molecular formula is C14H23N3. The van der Waals surface area contributed by atoms with Crippen molar-refractivity contribution in [1.29, 1.82) is 0 Å². The van der Waals surface area contributed by atoms with Crippen LogP contribution in [0.3, 0.4) is 0 Å². The SMILES string of the molecule is CC1CC(Nc2cccc(N(C)C)c2)CN1C. The van der Waals surface area contributed by atoms with Gasteiger partial charge in [-0.2, -0.15) is 0 Å². The summed E-state index contributed by atoms with van der Waals surface area (Å²) in [7, 11) is 6.34. The van der Waals surface area contributed by atoms with Crippen LogP contribution >= 0.6 is 0 Å². The molecule has 17 heavy (non-hydrogen) atoms. The average Bonchev–Trinajstić information content (AvgIpc) is 2.58. The molecule has 1 heterocycles. The van der Waals surface area contributed by atoms with Gasteiger partial charge in [0.1, 0.15) is 0 Å². The smallest absolute Gasteiger partial charge is 0.0403 e. The van der Waals surface area contributed by atoms with Crippen LogP contribution in [0.1, 0.15) is 13.3 Å². The van der Waals surface area contributed by atoms with E-state index in [1.807, 2.05) is 0 Å². The summed E-state index contributed by atoms with van der Waals surface area (Å²) in [6.45, 7) is 3.42. The molecule has 2 atom stereocenters. The van der Waals surface area contributed by atoms with Gasteiger partial charge in [-0.1, -0.05) is 6.07 Å². The zero-order valence-corrected chi connectivity index (χ0v) is 11.3. The average molecular weight is 233 g/mol. The van der Waals surface area contributed by atoms with Crippen molar-refractivity contribution < 1.29 is 0 Å². The lowest BCUT2D eigenvalue weighted by molar-refractivity contribution is 0.330. The first-order chi connectivity index (χ1) is 8.06. The second-order valence-electron chi connectivity index (χ2n) is 5.31. The van der Waals surface area contributed by atoms with Crippen LogP contribution in [-0.2, 0) is 0 Å². The van der Waals surface area contributed by atoms with E-state index in [4.69, 9.17) is 0 Å². The lowest BCUT2D eigenvalue weighted by atomic mass is 10.1. The molecule has 1 aliphatic heterocycles. The van der Waals surface area contributed by atoms with Crippen molar-refractivity contribution in [3.8, 4) is 0 Å². The van der Waals surface area contributed by atoms with Gasteiger partial charge < -0.3 is 15.1 Å². The van der Waals surface area contributed by atoms with Crippen LogP contribution < -0.4 is 10.2 Å². The van der Waals surface area contributed by atoms with Gasteiger partial charge in [-0.25, -0.2) is 0 Å². The fraction of sp³-hybridized carbons (Fsp3) is 0.571. The van der Waals surface area contributed by atoms with E-state index in [0.717, 1.165) is 6.54 Å². The third-order valence-corrected chi connectivity index (χ3v) is 3.62. The Labute approximate surface area is 104 Å². The van der Waals surface area contributed by atoms with Gasteiger partial charge in [0.15, 0.2) is 0 Å². The van der Waals surface area contributed by atoms with Crippen LogP contribution in [-0.4, -0.2) is 44.7 Å². The Morgan fingerprint density at radius 2 is 2.12 bits per heavy atom. The Hall–Kier alpha value is -1.22. The lowest BCUT2D eigenvalue weighted by Crippen LogP contribution is -2.24. The third kappa shape index (κ3) is 2.91. The Bertz CT molecular complexity index is 365. The van der Waals surface area contributed by atoms with Crippen LogP contribution in [0.2, 0.25) is 0 Å². The first kappa shape index (κ1) is 12.2. The molecule has 1 aromatic rings. The van der Waals surface area contributed by atoms with Crippen molar-refractivity contribution in [3.05, 3.63) is 24.3 Å². The summed E-state index contributed by atoms with van der Waals surface area (Å²) >= 11 is 0. The third-order valence-electron chi connectivity index (χ3n) is 3.62. The highest BCUT2D eigenvalue weighted by Gasteiger charge is 2.25. The fourth-order valence-electron chi connectivity index (χ4n) is 2.41. The normalized spacial score (nSPS) is 24.9.